The molecule has 0 spiro atoms. The zero-order chi connectivity index (χ0) is 9.80. The summed E-state index contributed by atoms with van der Waals surface area (Å²) in [6, 6.07) is 4.05. The molecule has 2 heterocycles. The number of hydrogen-bond donors (Lipinski definition) is 1. The van der Waals surface area contributed by atoms with Gasteiger partial charge in [-0.25, -0.2) is 4.98 Å². The molecule has 0 unspecified atom stereocenters. The number of aromatic nitrogens is 3. The van der Waals surface area contributed by atoms with Gasteiger partial charge in [-0.1, -0.05) is 6.07 Å². The van der Waals surface area contributed by atoms with Crippen LogP contribution >= 0.6 is 23.1 Å². The summed E-state index contributed by atoms with van der Waals surface area (Å²) in [4.78, 5) is 5.54. The number of H-pyrrole nitrogens is 1. The Morgan fingerprint density at radius 3 is 3.21 bits per heavy atom. The summed E-state index contributed by atoms with van der Waals surface area (Å²) >= 11 is 3.48. The summed E-state index contributed by atoms with van der Waals surface area (Å²) < 4.78 is 0. The third-order valence-corrected chi connectivity index (χ3v) is 3.29. The van der Waals surface area contributed by atoms with E-state index in [2.05, 4.69) is 21.4 Å². The molecule has 5 heteroatoms. The van der Waals surface area contributed by atoms with Gasteiger partial charge in [-0.3, -0.25) is 5.10 Å². The van der Waals surface area contributed by atoms with Crippen molar-refractivity contribution in [1.29, 1.82) is 0 Å². The highest BCUT2D eigenvalue weighted by Crippen LogP contribution is 2.20. The molecule has 0 aliphatic heterocycles. The van der Waals surface area contributed by atoms with Gasteiger partial charge in [0.05, 0.1) is 4.88 Å². The van der Waals surface area contributed by atoms with Crippen LogP contribution in [0.25, 0.3) is 10.7 Å². The van der Waals surface area contributed by atoms with E-state index in [0.717, 1.165) is 28.7 Å². The molecule has 0 saturated carbocycles. The third-order valence-electron chi connectivity index (χ3n) is 1.82. The third kappa shape index (κ3) is 2.16. The van der Waals surface area contributed by atoms with Gasteiger partial charge >= 0.3 is 0 Å². The van der Waals surface area contributed by atoms with Gasteiger partial charge < -0.3 is 0 Å². The molecule has 74 valence electrons. The normalized spacial score (nSPS) is 10.6. The van der Waals surface area contributed by atoms with E-state index in [1.807, 2.05) is 29.3 Å². The summed E-state index contributed by atoms with van der Waals surface area (Å²) in [7, 11) is 0. The zero-order valence-electron chi connectivity index (χ0n) is 7.86. The second-order valence-electron chi connectivity index (χ2n) is 2.83. The van der Waals surface area contributed by atoms with Crippen molar-refractivity contribution < 1.29 is 0 Å². The Hall–Kier alpha value is -0.810. The molecule has 2 aromatic rings. The molecule has 2 rings (SSSR count). The van der Waals surface area contributed by atoms with Crippen LogP contribution in [0.15, 0.2) is 17.5 Å². The Morgan fingerprint density at radius 2 is 2.50 bits per heavy atom. The van der Waals surface area contributed by atoms with Crippen LogP contribution in [0.2, 0.25) is 0 Å². The van der Waals surface area contributed by atoms with Gasteiger partial charge in [-0.05, 0) is 17.7 Å². The minimum atomic E-state index is 0.816. The van der Waals surface area contributed by atoms with Crippen molar-refractivity contribution in [1.82, 2.24) is 15.2 Å². The molecule has 0 fully saturated rings. The molecule has 14 heavy (non-hydrogen) atoms. The van der Waals surface area contributed by atoms with Crippen molar-refractivity contribution in [3.8, 4) is 10.7 Å². The van der Waals surface area contributed by atoms with Crippen LogP contribution in [0, 0.1) is 0 Å². The van der Waals surface area contributed by atoms with Gasteiger partial charge in [0.1, 0.15) is 5.82 Å². The van der Waals surface area contributed by atoms with E-state index in [1.165, 1.54) is 0 Å². The molecule has 0 amide bonds. The molecule has 0 radical (unpaired) electrons. The summed E-state index contributed by atoms with van der Waals surface area (Å²) in [5.41, 5.74) is 0. The van der Waals surface area contributed by atoms with Crippen LogP contribution in [-0.4, -0.2) is 27.2 Å². The standard InChI is InChI=1S/C9H11N3S2/c1-13-6-4-8-10-9(12-11-8)7-3-2-5-14-7/h2-3,5H,4,6H2,1H3,(H,10,11,12). The van der Waals surface area contributed by atoms with E-state index >= 15 is 0 Å². The lowest BCUT2D eigenvalue weighted by Crippen LogP contribution is -1.90. The SMILES string of the molecule is CSCCc1nc(-c2cccs2)n[nH]1. The van der Waals surface area contributed by atoms with Crippen molar-refractivity contribution in [2.24, 2.45) is 0 Å². The smallest absolute Gasteiger partial charge is 0.191 e. The molecule has 0 aromatic carbocycles. The lowest BCUT2D eigenvalue weighted by atomic mass is 10.4. The van der Waals surface area contributed by atoms with E-state index in [1.54, 1.807) is 11.3 Å². The quantitative estimate of drug-likeness (QED) is 0.869. The van der Waals surface area contributed by atoms with Gasteiger partial charge in [-0.15, -0.1) is 11.3 Å². The van der Waals surface area contributed by atoms with Crippen molar-refractivity contribution in [2.75, 3.05) is 12.0 Å². The molecule has 3 nitrogen and oxygen atoms in total. The van der Waals surface area contributed by atoms with Gasteiger partial charge in [0.2, 0.25) is 0 Å². The Morgan fingerprint density at radius 1 is 1.57 bits per heavy atom. The predicted molar refractivity (Wildman–Crippen MR) is 61.8 cm³/mol. The Labute approximate surface area is 91.0 Å². The summed E-state index contributed by atoms with van der Waals surface area (Å²) in [5.74, 6) is 2.87. The van der Waals surface area contributed by atoms with E-state index in [9.17, 15) is 0 Å². The van der Waals surface area contributed by atoms with Gasteiger partial charge in [0.25, 0.3) is 0 Å². The number of aromatic amines is 1. The van der Waals surface area contributed by atoms with Crippen LogP contribution in [0.5, 0.6) is 0 Å². The Kier molecular flexibility index (Phi) is 3.21. The van der Waals surface area contributed by atoms with Crippen molar-refractivity contribution in [3.05, 3.63) is 23.3 Å². The van der Waals surface area contributed by atoms with Crippen molar-refractivity contribution in [2.45, 2.75) is 6.42 Å². The number of rotatable bonds is 4. The number of hydrogen-bond acceptors (Lipinski definition) is 4. The maximum absolute atomic E-state index is 4.42. The molecule has 0 aliphatic rings. The van der Waals surface area contributed by atoms with E-state index in [4.69, 9.17) is 0 Å². The Balaban J connectivity index is 2.10. The molecular weight excluding hydrogens is 214 g/mol. The van der Waals surface area contributed by atoms with Crippen LogP contribution in [0.3, 0.4) is 0 Å². The van der Waals surface area contributed by atoms with Gasteiger partial charge in [0.15, 0.2) is 5.82 Å². The van der Waals surface area contributed by atoms with Crippen molar-refractivity contribution >= 4 is 23.1 Å². The van der Waals surface area contributed by atoms with Crippen molar-refractivity contribution in [3.63, 3.8) is 0 Å². The second kappa shape index (κ2) is 4.61. The van der Waals surface area contributed by atoms with Crippen LogP contribution in [-0.2, 0) is 6.42 Å². The fraction of sp³-hybridized carbons (Fsp3) is 0.333. The highest BCUT2D eigenvalue weighted by molar-refractivity contribution is 7.98. The van der Waals surface area contributed by atoms with E-state index in [-0.39, 0.29) is 0 Å². The first-order valence-electron chi connectivity index (χ1n) is 4.34. The van der Waals surface area contributed by atoms with E-state index in [0.29, 0.717) is 0 Å². The van der Waals surface area contributed by atoms with E-state index < -0.39 is 0 Å². The number of thioether (sulfide) groups is 1. The molecular formula is C9H11N3S2. The maximum Gasteiger partial charge on any atom is 0.191 e. The molecule has 0 bridgehead atoms. The number of nitrogens with zero attached hydrogens (tertiary/aromatic N) is 2. The minimum absolute atomic E-state index is 0.816. The Bertz CT molecular complexity index is 380. The van der Waals surface area contributed by atoms with Gasteiger partial charge in [-0.2, -0.15) is 16.9 Å². The first kappa shape index (κ1) is 9.73. The summed E-state index contributed by atoms with van der Waals surface area (Å²) in [6.45, 7) is 0. The molecule has 0 atom stereocenters. The monoisotopic (exact) mass is 225 g/mol. The van der Waals surface area contributed by atoms with Gasteiger partial charge in [0, 0.05) is 12.2 Å². The van der Waals surface area contributed by atoms with Crippen LogP contribution in [0.4, 0.5) is 0 Å². The highest BCUT2D eigenvalue weighted by Gasteiger charge is 2.05. The average Bonchev–Trinajstić information content (AvgIpc) is 2.85. The zero-order valence-corrected chi connectivity index (χ0v) is 9.49. The molecule has 1 N–H and O–H groups in total. The van der Waals surface area contributed by atoms with Crippen LogP contribution < -0.4 is 0 Å². The topological polar surface area (TPSA) is 41.6 Å². The lowest BCUT2D eigenvalue weighted by Gasteiger charge is -1.90. The molecule has 2 aromatic heterocycles. The first-order chi connectivity index (χ1) is 6.90. The fourth-order valence-corrected chi connectivity index (χ4v) is 2.18. The molecule has 0 saturated heterocycles. The second-order valence-corrected chi connectivity index (χ2v) is 4.76. The number of thiophene rings is 1. The largest absolute Gasteiger partial charge is 0.263 e. The predicted octanol–water partition coefficient (Wildman–Crippen LogP) is 2.44. The van der Waals surface area contributed by atoms with Crippen LogP contribution in [0.1, 0.15) is 5.82 Å². The molecule has 0 aliphatic carbocycles. The summed E-state index contributed by atoms with van der Waals surface area (Å²) in [6.07, 6.45) is 3.05. The lowest BCUT2D eigenvalue weighted by molar-refractivity contribution is 0.954. The highest BCUT2D eigenvalue weighted by atomic mass is 32.2. The first-order valence-corrected chi connectivity index (χ1v) is 6.61. The number of nitrogens with one attached hydrogen (secondary N) is 1. The average molecular weight is 225 g/mol. The maximum atomic E-state index is 4.42. The summed E-state index contributed by atoms with van der Waals surface area (Å²) in [5, 5.41) is 9.17. The fourth-order valence-electron chi connectivity index (χ4n) is 1.12. The number of aryl methyl sites for hydroxylation is 1. The minimum Gasteiger partial charge on any atom is -0.263 e.